The number of hydrogen-bond donors (Lipinski definition) is 2. The van der Waals surface area contributed by atoms with Gasteiger partial charge < -0.3 is 15.2 Å². The Morgan fingerprint density at radius 3 is 2.72 bits per heavy atom. The molecular weight excluding hydrogens is 334 g/mol. The lowest BCUT2D eigenvalue weighted by molar-refractivity contribution is 0.0950. The second-order valence-corrected chi connectivity index (χ2v) is 6.71. The van der Waals surface area contributed by atoms with Crippen LogP contribution in [0.5, 0.6) is 0 Å². The van der Waals surface area contributed by atoms with Crippen molar-refractivity contribution in [1.82, 2.24) is 15.2 Å². The number of rotatable bonds is 5. The Kier molecular flexibility index (Phi) is 7.09. The fourth-order valence-electron chi connectivity index (χ4n) is 3.62. The van der Waals surface area contributed by atoms with Gasteiger partial charge in [-0.15, -0.1) is 12.4 Å². The third kappa shape index (κ3) is 4.65. The van der Waals surface area contributed by atoms with E-state index in [-0.39, 0.29) is 18.3 Å². The Hall–Kier alpha value is -1.78. The Morgan fingerprint density at radius 1 is 1.28 bits per heavy atom. The van der Waals surface area contributed by atoms with Gasteiger partial charge in [-0.25, -0.2) is 0 Å². The van der Waals surface area contributed by atoms with E-state index in [1.807, 2.05) is 38.1 Å². The number of nitrogens with one attached hydrogen (secondary N) is 2. The Labute approximate surface area is 156 Å². The number of aromatic nitrogens is 1. The molecule has 0 spiro atoms. The van der Waals surface area contributed by atoms with E-state index < -0.39 is 0 Å². The highest BCUT2D eigenvalue weighted by molar-refractivity contribution is 5.95. The lowest BCUT2D eigenvalue weighted by Crippen LogP contribution is -2.33. The smallest absolute Gasteiger partial charge is 0.253 e. The zero-order chi connectivity index (χ0) is 16.9. The number of piperidine rings is 1. The summed E-state index contributed by atoms with van der Waals surface area (Å²) in [6, 6.07) is 12.2. The first-order valence-corrected chi connectivity index (χ1v) is 8.90. The maximum Gasteiger partial charge on any atom is 0.253 e. The molecule has 1 aliphatic rings. The van der Waals surface area contributed by atoms with Crippen molar-refractivity contribution in [3.8, 4) is 5.69 Å². The molecule has 2 aromatic rings. The minimum absolute atomic E-state index is 0. The number of halogens is 1. The lowest BCUT2D eigenvalue weighted by Gasteiger charge is -2.22. The summed E-state index contributed by atoms with van der Waals surface area (Å²) in [7, 11) is 0. The van der Waals surface area contributed by atoms with Crippen LogP contribution in [-0.2, 0) is 0 Å². The highest BCUT2D eigenvalue weighted by atomic mass is 35.5. The van der Waals surface area contributed by atoms with E-state index in [1.165, 1.54) is 12.8 Å². The summed E-state index contributed by atoms with van der Waals surface area (Å²) in [6.07, 6.45) is 3.57. The summed E-state index contributed by atoms with van der Waals surface area (Å²) >= 11 is 0. The Bertz CT molecular complexity index is 690. The van der Waals surface area contributed by atoms with Crippen molar-refractivity contribution in [2.24, 2.45) is 5.92 Å². The minimum Gasteiger partial charge on any atom is -0.352 e. The zero-order valence-corrected chi connectivity index (χ0v) is 15.9. The van der Waals surface area contributed by atoms with Crippen molar-refractivity contribution >= 4 is 18.3 Å². The molecule has 1 unspecified atom stereocenters. The van der Waals surface area contributed by atoms with Crippen molar-refractivity contribution in [1.29, 1.82) is 0 Å². The highest BCUT2D eigenvalue weighted by Crippen LogP contribution is 2.20. The van der Waals surface area contributed by atoms with E-state index in [1.54, 1.807) is 0 Å². The molecule has 4 nitrogen and oxygen atoms in total. The van der Waals surface area contributed by atoms with E-state index >= 15 is 0 Å². The van der Waals surface area contributed by atoms with Gasteiger partial charge in [-0.3, -0.25) is 4.79 Å². The van der Waals surface area contributed by atoms with Crippen molar-refractivity contribution in [2.75, 3.05) is 19.6 Å². The van der Waals surface area contributed by atoms with Gasteiger partial charge in [-0.2, -0.15) is 0 Å². The quantitative estimate of drug-likeness (QED) is 0.854. The van der Waals surface area contributed by atoms with Crippen LogP contribution in [0.2, 0.25) is 0 Å². The van der Waals surface area contributed by atoms with E-state index in [0.29, 0.717) is 5.92 Å². The molecule has 0 bridgehead atoms. The summed E-state index contributed by atoms with van der Waals surface area (Å²) in [5.74, 6) is 0.727. The van der Waals surface area contributed by atoms with Crippen LogP contribution in [0.1, 0.15) is 41.0 Å². The molecule has 1 amide bonds. The molecule has 0 aliphatic carbocycles. The first kappa shape index (κ1) is 19.5. The van der Waals surface area contributed by atoms with Crippen molar-refractivity contribution in [3.05, 3.63) is 53.3 Å². The summed E-state index contributed by atoms with van der Waals surface area (Å²) in [6.45, 7) is 7.03. The largest absolute Gasteiger partial charge is 0.352 e. The number of carbonyl (C=O) groups excluding carboxylic acids is 1. The van der Waals surface area contributed by atoms with E-state index in [0.717, 1.165) is 48.7 Å². The first-order valence-electron chi connectivity index (χ1n) is 8.90. The molecule has 1 fully saturated rings. The van der Waals surface area contributed by atoms with Gasteiger partial charge in [0.15, 0.2) is 0 Å². The molecule has 1 aromatic carbocycles. The SMILES string of the molecule is Cc1cc(C(=O)NCCC2CCCNC2)c(C)n1-c1ccccc1.Cl. The second kappa shape index (κ2) is 9.07. The predicted molar refractivity (Wildman–Crippen MR) is 105 cm³/mol. The molecule has 3 rings (SSSR count). The number of carbonyl (C=O) groups is 1. The lowest BCUT2D eigenvalue weighted by atomic mass is 9.96. The zero-order valence-electron chi connectivity index (χ0n) is 15.0. The molecule has 1 aromatic heterocycles. The number of hydrogen-bond acceptors (Lipinski definition) is 2. The molecule has 1 aliphatic heterocycles. The maximum absolute atomic E-state index is 12.6. The fourth-order valence-corrected chi connectivity index (χ4v) is 3.62. The molecule has 2 N–H and O–H groups in total. The molecule has 1 saturated heterocycles. The molecule has 0 saturated carbocycles. The van der Waals surface area contributed by atoms with E-state index in [9.17, 15) is 4.79 Å². The van der Waals surface area contributed by atoms with Crippen LogP contribution in [0.3, 0.4) is 0 Å². The normalized spacial score (nSPS) is 17.0. The predicted octanol–water partition coefficient (Wildman–Crippen LogP) is 3.64. The molecular formula is C20H28ClN3O. The average Bonchev–Trinajstić information content (AvgIpc) is 2.91. The Balaban J connectivity index is 0.00000225. The van der Waals surface area contributed by atoms with Gasteiger partial charge in [0.2, 0.25) is 0 Å². The van der Waals surface area contributed by atoms with Crippen LogP contribution in [0.15, 0.2) is 36.4 Å². The van der Waals surface area contributed by atoms with Gasteiger partial charge in [0.1, 0.15) is 0 Å². The standard InChI is InChI=1S/C20H27N3O.ClH/c1-15-13-19(16(2)23(15)18-8-4-3-5-9-18)20(24)22-12-10-17-7-6-11-21-14-17;/h3-5,8-9,13,17,21H,6-7,10-12,14H2,1-2H3,(H,22,24);1H. The van der Waals surface area contributed by atoms with Gasteiger partial charge in [0.25, 0.3) is 5.91 Å². The number of nitrogens with zero attached hydrogens (tertiary/aromatic N) is 1. The van der Waals surface area contributed by atoms with Crippen molar-refractivity contribution in [2.45, 2.75) is 33.1 Å². The second-order valence-electron chi connectivity index (χ2n) is 6.71. The van der Waals surface area contributed by atoms with E-state index in [4.69, 9.17) is 0 Å². The number of amides is 1. The first-order chi connectivity index (χ1) is 11.7. The van der Waals surface area contributed by atoms with Gasteiger partial charge in [-0.05, 0) is 70.3 Å². The molecule has 2 heterocycles. The average molecular weight is 362 g/mol. The number of aryl methyl sites for hydroxylation is 1. The van der Waals surface area contributed by atoms with Gasteiger partial charge >= 0.3 is 0 Å². The monoisotopic (exact) mass is 361 g/mol. The number of para-hydroxylation sites is 1. The van der Waals surface area contributed by atoms with Crippen LogP contribution in [-0.4, -0.2) is 30.1 Å². The summed E-state index contributed by atoms with van der Waals surface area (Å²) in [5.41, 5.74) is 3.95. The van der Waals surface area contributed by atoms with Crippen LogP contribution >= 0.6 is 12.4 Å². The summed E-state index contributed by atoms with van der Waals surface area (Å²) < 4.78 is 2.14. The molecule has 5 heteroatoms. The van der Waals surface area contributed by atoms with Gasteiger partial charge in [-0.1, -0.05) is 18.2 Å². The van der Waals surface area contributed by atoms with Crippen LogP contribution in [0.4, 0.5) is 0 Å². The van der Waals surface area contributed by atoms with Crippen molar-refractivity contribution in [3.63, 3.8) is 0 Å². The maximum atomic E-state index is 12.6. The fraction of sp³-hybridized carbons (Fsp3) is 0.450. The van der Waals surface area contributed by atoms with Crippen LogP contribution in [0, 0.1) is 19.8 Å². The third-order valence-corrected chi connectivity index (χ3v) is 4.93. The Morgan fingerprint density at radius 2 is 2.04 bits per heavy atom. The minimum atomic E-state index is 0. The van der Waals surface area contributed by atoms with Crippen molar-refractivity contribution < 1.29 is 4.79 Å². The summed E-state index contributed by atoms with van der Waals surface area (Å²) in [4.78, 5) is 12.6. The summed E-state index contributed by atoms with van der Waals surface area (Å²) in [5, 5.41) is 6.53. The van der Waals surface area contributed by atoms with Crippen LogP contribution < -0.4 is 10.6 Å². The topological polar surface area (TPSA) is 46.1 Å². The molecule has 25 heavy (non-hydrogen) atoms. The van der Waals surface area contributed by atoms with Crippen LogP contribution in [0.25, 0.3) is 5.69 Å². The molecule has 0 radical (unpaired) electrons. The van der Waals surface area contributed by atoms with Gasteiger partial charge in [0.05, 0.1) is 5.56 Å². The molecule has 1 atom stereocenters. The highest BCUT2D eigenvalue weighted by Gasteiger charge is 2.17. The third-order valence-electron chi connectivity index (χ3n) is 4.93. The molecule has 136 valence electrons. The number of benzene rings is 1. The van der Waals surface area contributed by atoms with Gasteiger partial charge in [0, 0.05) is 23.6 Å². The van der Waals surface area contributed by atoms with E-state index in [2.05, 4.69) is 27.3 Å².